The van der Waals surface area contributed by atoms with Crippen molar-refractivity contribution in [2.24, 2.45) is 0 Å². The predicted octanol–water partition coefficient (Wildman–Crippen LogP) is -0.497. The zero-order valence-corrected chi connectivity index (χ0v) is 12.3. The van der Waals surface area contributed by atoms with Crippen molar-refractivity contribution < 1.29 is 9.53 Å². The van der Waals surface area contributed by atoms with Crippen LogP contribution >= 0.6 is 0 Å². The van der Waals surface area contributed by atoms with Crippen molar-refractivity contribution in [3.63, 3.8) is 0 Å². The van der Waals surface area contributed by atoms with Gasteiger partial charge in [-0.3, -0.25) is 24.6 Å². The predicted molar refractivity (Wildman–Crippen MR) is 82.5 cm³/mol. The zero-order chi connectivity index (χ0) is 16.2. The molecule has 1 aromatic carbocycles. The molecule has 0 saturated carbocycles. The minimum absolute atomic E-state index is 0.215. The van der Waals surface area contributed by atoms with Gasteiger partial charge in [0.05, 0.1) is 18.9 Å². The van der Waals surface area contributed by atoms with Crippen LogP contribution < -0.4 is 16.7 Å². The minimum atomic E-state index is -0.525. The number of benzene rings is 1. The van der Waals surface area contributed by atoms with Crippen molar-refractivity contribution in [2.75, 3.05) is 26.3 Å². The second-order valence-electron chi connectivity index (χ2n) is 5.07. The number of H-pyrrole nitrogens is 1. The number of rotatable bonds is 3. The summed E-state index contributed by atoms with van der Waals surface area (Å²) >= 11 is 0. The minimum Gasteiger partial charge on any atom is -0.379 e. The molecular weight excluding hydrogens is 300 g/mol. The molecule has 1 amide bonds. The second kappa shape index (κ2) is 6.59. The molecule has 23 heavy (non-hydrogen) atoms. The first-order valence-electron chi connectivity index (χ1n) is 7.19. The lowest BCUT2D eigenvalue weighted by atomic mass is 10.2. The molecule has 2 heterocycles. The molecule has 0 spiro atoms. The fraction of sp³-hybridized carbons (Fsp3) is 0.267. The molecule has 0 radical (unpaired) electrons. The van der Waals surface area contributed by atoms with Gasteiger partial charge in [0.15, 0.2) is 0 Å². The van der Waals surface area contributed by atoms with E-state index in [-0.39, 0.29) is 5.91 Å². The van der Waals surface area contributed by atoms with Crippen LogP contribution in [0.3, 0.4) is 0 Å². The smallest absolute Gasteiger partial charge is 0.332 e. The van der Waals surface area contributed by atoms with Crippen molar-refractivity contribution in [3.05, 3.63) is 62.9 Å². The SMILES string of the molecule is O=C(NN1CCOCC1)c1ccc(-n2ccc(=O)[nH]c2=O)cc1. The van der Waals surface area contributed by atoms with Crippen LogP contribution in [-0.4, -0.2) is 46.8 Å². The third-order valence-corrected chi connectivity index (χ3v) is 3.50. The van der Waals surface area contributed by atoms with E-state index in [1.807, 2.05) is 5.01 Å². The molecule has 0 bridgehead atoms. The van der Waals surface area contributed by atoms with Crippen molar-refractivity contribution in [2.45, 2.75) is 0 Å². The molecule has 1 aliphatic rings. The Morgan fingerprint density at radius 3 is 2.43 bits per heavy atom. The number of nitrogens with zero attached hydrogens (tertiary/aromatic N) is 2. The zero-order valence-electron chi connectivity index (χ0n) is 12.3. The molecule has 2 N–H and O–H groups in total. The molecular formula is C15H16N4O4. The van der Waals surface area contributed by atoms with Gasteiger partial charge in [0, 0.05) is 30.9 Å². The van der Waals surface area contributed by atoms with Gasteiger partial charge in [-0.05, 0) is 24.3 Å². The molecule has 0 unspecified atom stereocenters. The summed E-state index contributed by atoms with van der Waals surface area (Å²) in [5.74, 6) is -0.215. The maximum Gasteiger partial charge on any atom is 0.332 e. The third kappa shape index (κ3) is 3.55. The van der Waals surface area contributed by atoms with Gasteiger partial charge in [0.25, 0.3) is 11.5 Å². The first-order valence-corrected chi connectivity index (χ1v) is 7.19. The Morgan fingerprint density at radius 2 is 1.78 bits per heavy atom. The molecule has 0 atom stereocenters. The van der Waals surface area contributed by atoms with Crippen LogP contribution in [0.25, 0.3) is 5.69 Å². The average molecular weight is 316 g/mol. The van der Waals surface area contributed by atoms with E-state index in [9.17, 15) is 14.4 Å². The van der Waals surface area contributed by atoms with Gasteiger partial charge >= 0.3 is 5.69 Å². The van der Waals surface area contributed by atoms with E-state index in [1.165, 1.54) is 16.8 Å². The van der Waals surface area contributed by atoms with E-state index in [0.29, 0.717) is 37.6 Å². The maximum atomic E-state index is 12.2. The number of aromatic amines is 1. The summed E-state index contributed by atoms with van der Waals surface area (Å²) in [7, 11) is 0. The van der Waals surface area contributed by atoms with Crippen molar-refractivity contribution in [1.29, 1.82) is 0 Å². The lowest BCUT2D eigenvalue weighted by molar-refractivity contribution is 0.0126. The molecule has 120 valence electrons. The lowest BCUT2D eigenvalue weighted by Crippen LogP contribution is -2.48. The van der Waals surface area contributed by atoms with E-state index >= 15 is 0 Å². The van der Waals surface area contributed by atoms with Gasteiger partial charge < -0.3 is 4.74 Å². The number of aromatic nitrogens is 2. The maximum absolute atomic E-state index is 12.2. The lowest BCUT2D eigenvalue weighted by Gasteiger charge is -2.26. The van der Waals surface area contributed by atoms with E-state index in [2.05, 4.69) is 10.4 Å². The normalized spacial score (nSPS) is 15.3. The summed E-state index contributed by atoms with van der Waals surface area (Å²) in [5, 5.41) is 1.81. The Morgan fingerprint density at radius 1 is 1.09 bits per heavy atom. The van der Waals surface area contributed by atoms with Crippen LogP contribution in [0.1, 0.15) is 10.4 Å². The van der Waals surface area contributed by atoms with Crippen LogP contribution in [0.5, 0.6) is 0 Å². The number of hydrogen-bond donors (Lipinski definition) is 2. The third-order valence-electron chi connectivity index (χ3n) is 3.50. The topological polar surface area (TPSA) is 96.4 Å². The quantitative estimate of drug-likeness (QED) is 0.796. The van der Waals surface area contributed by atoms with Crippen molar-refractivity contribution in [1.82, 2.24) is 20.0 Å². The molecule has 8 nitrogen and oxygen atoms in total. The first kappa shape index (κ1) is 15.2. The highest BCUT2D eigenvalue weighted by atomic mass is 16.5. The highest BCUT2D eigenvalue weighted by Crippen LogP contribution is 2.07. The van der Waals surface area contributed by atoms with E-state index in [1.54, 1.807) is 24.3 Å². The van der Waals surface area contributed by atoms with Gasteiger partial charge in [0.1, 0.15) is 0 Å². The average Bonchev–Trinajstić information content (AvgIpc) is 2.56. The number of morpholine rings is 1. The standard InChI is InChI=1S/C15H16N4O4/c20-13-5-6-19(15(22)16-13)12-3-1-11(2-4-12)14(21)17-18-7-9-23-10-8-18/h1-6H,7-10H2,(H,17,21)(H,16,20,22). The van der Waals surface area contributed by atoms with E-state index in [4.69, 9.17) is 4.74 Å². The van der Waals surface area contributed by atoms with Crippen LogP contribution in [-0.2, 0) is 4.74 Å². The summed E-state index contributed by atoms with van der Waals surface area (Å²) in [6, 6.07) is 7.81. The van der Waals surface area contributed by atoms with E-state index in [0.717, 1.165) is 0 Å². The number of hydrazine groups is 1. The highest BCUT2D eigenvalue weighted by Gasteiger charge is 2.14. The summed E-state index contributed by atoms with van der Waals surface area (Å²) in [6.07, 6.45) is 1.39. The van der Waals surface area contributed by atoms with Crippen molar-refractivity contribution >= 4 is 5.91 Å². The van der Waals surface area contributed by atoms with Gasteiger partial charge in [-0.15, -0.1) is 0 Å². The van der Waals surface area contributed by atoms with Crippen molar-refractivity contribution in [3.8, 4) is 5.69 Å². The van der Waals surface area contributed by atoms with Gasteiger partial charge in [-0.25, -0.2) is 9.80 Å². The molecule has 1 aliphatic heterocycles. The van der Waals surface area contributed by atoms with E-state index < -0.39 is 11.2 Å². The monoisotopic (exact) mass is 316 g/mol. The van der Waals surface area contributed by atoms with Crippen LogP contribution in [0.4, 0.5) is 0 Å². The molecule has 1 fully saturated rings. The molecule has 3 rings (SSSR count). The molecule has 1 saturated heterocycles. The molecule has 2 aromatic rings. The molecule has 8 heteroatoms. The van der Waals surface area contributed by atoms with Crippen LogP contribution in [0.2, 0.25) is 0 Å². The number of nitrogens with one attached hydrogen (secondary N) is 2. The Kier molecular flexibility index (Phi) is 4.35. The number of ether oxygens (including phenoxy) is 1. The Bertz CT molecular complexity index is 803. The number of carbonyl (C=O) groups is 1. The van der Waals surface area contributed by atoms with Gasteiger partial charge in [-0.1, -0.05) is 0 Å². The Balaban J connectivity index is 1.74. The summed E-state index contributed by atoms with van der Waals surface area (Å²) in [4.78, 5) is 37.1. The highest BCUT2D eigenvalue weighted by molar-refractivity contribution is 5.94. The number of amides is 1. The number of hydrogen-bond acceptors (Lipinski definition) is 5. The molecule has 1 aromatic heterocycles. The second-order valence-corrected chi connectivity index (χ2v) is 5.07. The van der Waals surface area contributed by atoms with Gasteiger partial charge in [0.2, 0.25) is 0 Å². The van der Waals surface area contributed by atoms with Crippen LogP contribution in [0, 0.1) is 0 Å². The fourth-order valence-corrected chi connectivity index (χ4v) is 2.28. The fourth-order valence-electron chi connectivity index (χ4n) is 2.28. The first-order chi connectivity index (χ1) is 11.1. The summed E-state index contributed by atoms with van der Waals surface area (Å²) in [6.45, 7) is 2.48. The Hall–Kier alpha value is -2.71. The molecule has 0 aliphatic carbocycles. The number of carbonyl (C=O) groups excluding carboxylic acids is 1. The largest absolute Gasteiger partial charge is 0.379 e. The Labute approximate surface area is 131 Å². The summed E-state index contributed by atoms with van der Waals surface area (Å²) < 4.78 is 6.52. The van der Waals surface area contributed by atoms with Crippen LogP contribution in [0.15, 0.2) is 46.1 Å². The van der Waals surface area contributed by atoms with Gasteiger partial charge in [-0.2, -0.15) is 0 Å². The summed E-state index contributed by atoms with van der Waals surface area (Å²) in [5.41, 5.74) is 2.88.